The number of carbonyl (C=O) groups is 1. The molecule has 1 heterocycles. The maximum absolute atomic E-state index is 12.2. The summed E-state index contributed by atoms with van der Waals surface area (Å²) < 4.78 is 5.63. The highest BCUT2D eigenvalue weighted by molar-refractivity contribution is 5.79. The molecular formula is C14H24NO3. The fourth-order valence-electron chi connectivity index (χ4n) is 2.94. The van der Waals surface area contributed by atoms with Crippen LogP contribution in [0.2, 0.25) is 0 Å². The Hall–Kier alpha value is -0.610. The van der Waals surface area contributed by atoms with Crippen molar-refractivity contribution in [2.24, 2.45) is 5.41 Å². The number of hydroxylamine groups is 2. The van der Waals surface area contributed by atoms with E-state index < -0.39 is 11.1 Å². The highest BCUT2D eigenvalue weighted by Gasteiger charge is 2.51. The molecule has 0 aromatic rings. The van der Waals surface area contributed by atoms with E-state index in [1.807, 2.05) is 34.6 Å². The van der Waals surface area contributed by atoms with Crippen molar-refractivity contribution in [1.82, 2.24) is 5.06 Å². The summed E-state index contributed by atoms with van der Waals surface area (Å²) in [4.78, 5) is 12.0. The van der Waals surface area contributed by atoms with Gasteiger partial charge in [0.25, 0.3) is 0 Å². The molecule has 2 rings (SSSR count). The lowest BCUT2D eigenvalue weighted by molar-refractivity contribution is -0.299. The van der Waals surface area contributed by atoms with Crippen LogP contribution >= 0.6 is 0 Å². The largest absolute Gasteiger partial charge is 0.462 e. The zero-order valence-electron chi connectivity index (χ0n) is 12.1. The molecular weight excluding hydrogens is 230 g/mol. The Labute approximate surface area is 109 Å². The van der Waals surface area contributed by atoms with E-state index in [-0.39, 0.29) is 17.5 Å². The van der Waals surface area contributed by atoms with Crippen LogP contribution in [0.1, 0.15) is 60.3 Å². The van der Waals surface area contributed by atoms with Crippen LogP contribution in [0.4, 0.5) is 0 Å². The molecule has 2 fully saturated rings. The predicted molar refractivity (Wildman–Crippen MR) is 67.1 cm³/mol. The van der Waals surface area contributed by atoms with Gasteiger partial charge in [-0.3, -0.25) is 4.79 Å². The molecule has 1 aliphatic carbocycles. The first-order valence-electron chi connectivity index (χ1n) is 6.75. The van der Waals surface area contributed by atoms with Gasteiger partial charge in [-0.05, 0) is 47.5 Å². The number of carbonyl (C=O) groups excluding carboxylic acids is 1. The zero-order valence-corrected chi connectivity index (χ0v) is 12.1. The minimum absolute atomic E-state index is 0.0848. The average Bonchev–Trinajstić information content (AvgIpc) is 2.93. The molecule has 4 heteroatoms. The summed E-state index contributed by atoms with van der Waals surface area (Å²) in [5, 5.41) is 13.3. The van der Waals surface area contributed by atoms with Crippen LogP contribution in [-0.4, -0.2) is 28.2 Å². The van der Waals surface area contributed by atoms with Crippen molar-refractivity contribution in [1.29, 1.82) is 0 Å². The summed E-state index contributed by atoms with van der Waals surface area (Å²) in [6.07, 6.45) is 2.95. The lowest BCUT2D eigenvalue weighted by Crippen LogP contribution is -2.60. The molecule has 1 saturated carbocycles. The van der Waals surface area contributed by atoms with Crippen molar-refractivity contribution in [2.45, 2.75) is 77.5 Å². The molecule has 103 valence electrons. The van der Waals surface area contributed by atoms with Gasteiger partial charge in [0, 0.05) is 23.9 Å². The van der Waals surface area contributed by atoms with Gasteiger partial charge < -0.3 is 4.74 Å². The van der Waals surface area contributed by atoms with Crippen molar-refractivity contribution < 1.29 is 14.7 Å². The minimum Gasteiger partial charge on any atom is -0.462 e. The molecule has 0 spiro atoms. The van der Waals surface area contributed by atoms with Crippen LogP contribution < -0.4 is 0 Å². The summed E-state index contributed by atoms with van der Waals surface area (Å²) in [6.45, 7) is 9.62. The normalized spacial score (nSPS) is 29.9. The first-order chi connectivity index (χ1) is 8.07. The third-order valence-electron chi connectivity index (χ3n) is 4.32. The molecule has 1 aliphatic heterocycles. The molecule has 0 aromatic carbocycles. The second kappa shape index (κ2) is 3.94. The van der Waals surface area contributed by atoms with Crippen molar-refractivity contribution in [3.8, 4) is 0 Å². The highest BCUT2D eigenvalue weighted by atomic mass is 16.6. The average molecular weight is 254 g/mol. The monoisotopic (exact) mass is 254 g/mol. The quantitative estimate of drug-likeness (QED) is 0.712. The Morgan fingerprint density at radius 2 is 1.50 bits per heavy atom. The van der Waals surface area contributed by atoms with Gasteiger partial charge in [0.1, 0.15) is 6.10 Å². The number of ether oxygens (including phenoxy) is 1. The van der Waals surface area contributed by atoms with Crippen molar-refractivity contribution >= 4 is 5.97 Å². The van der Waals surface area contributed by atoms with E-state index in [1.165, 1.54) is 0 Å². The molecule has 0 amide bonds. The van der Waals surface area contributed by atoms with Gasteiger partial charge >= 0.3 is 5.97 Å². The van der Waals surface area contributed by atoms with Crippen LogP contribution in [0.5, 0.6) is 0 Å². The van der Waals surface area contributed by atoms with Crippen LogP contribution in [0, 0.1) is 5.41 Å². The fraction of sp³-hybridized carbons (Fsp3) is 0.929. The molecule has 18 heavy (non-hydrogen) atoms. The summed E-state index contributed by atoms with van der Waals surface area (Å²) in [7, 11) is 0. The van der Waals surface area contributed by atoms with Gasteiger partial charge in [-0.25, -0.2) is 0 Å². The van der Waals surface area contributed by atoms with Gasteiger partial charge in [-0.1, -0.05) is 0 Å². The second-order valence-corrected chi connectivity index (χ2v) is 7.42. The molecule has 4 nitrogen and oxygen atoms in total. The number of hydrogen-bond acceptors (Lipinski definition) is 3. The molecule has 1 radical (unpaired) electrons. The second-order valence-electron chi connectivity index (χ2n) is 7.42. The standard InChI is InChI=1S/C14H24NO3/c1-12(2)8-10(9-13(3,4)15(12)17)18-11(16)14(5)6-7-14/h10H,6-9H2,1-5H3. The van der Waals surface area contributed by atoms with Crippen molar-refractivity contribution in [2.75, 3.05) is 0 Å². The van der Waals surface area contributed by atoms with Gasteiger partial charge in [0.2, 0.25) is 0 Å². The van der Waals surface area contributed by atoms with E-state index in [0.29, 0.717) is 12.8 Å². The molecule has 2 aliphatic rings. The first-order valence-corrected chi connectivity index (χ1v) is 6.75. The van der Waals surface area contributed by atoms with Crippen LogP contribution in [-0.2, 0) is 14.7 Å². The summed E-state index contributed by atoms with van der Waals surface area (Å²) in [6, 6.07) is 0. The molecule has 0 unspecified atom stereocenters. The predicted octanol–water partition coefficient (Wildman–Crippen LogP) is 2.70. The van der Waals surface area contributed by atoms with Gasteiger partial charge in [0.15, 0.2) is 0 Å². The molecule has 0 aromatic heterocycles. The van der Waals surface area contributed by atoms with E-state index in [0.717, 1.165) is 17.9 Å². The minimum atomic E-state index is -0.475. The van der Waals surface area contributed by atoms with Crippen molar-refractivity contribution in [3.05, 3.63) is 0 Å². The van der Waals surface area contributed by atoms with Crippen LogP contribution in [0.3, 0.4) is 0 Å². The fourth-order valence-corrected chi connectivity index (χ4v) is 2.94. The Balaban J connectivity index is 2.04. The van der Waals surface area contributed by atoms with E-state index in [9.17, 15) is 10.0 Å². The lowest BCUT2D eigenvalue weighted by Gasteiger charge is -2.49. The van der Waals surface area contributed by atoms with Gasteiger partial charge in [0.05, 0.1) is 5.41 Å². The van der Waals surface area contributed by atoms with E-state index in [4.69, 9.17) is 4.74 Å². The Kier molecular flexibility index (Phi) is 3.02. The van der Waals surface area contributed by atoms with Gasteiger partial charge in [-0.2, -0.15) is 0 Å². The lowest BCUT2D eigenvalue weighted by atomic mass is 9.80. The SMILES string of the molecule is CC1(C(=O)OC2CC(C)(C)N([O])C(C)(C)C2)CC1. The number of rotatable bonds is 2. The molecule has 1 saturated heterocycles. The third kappa shape index (κ3) is 2.41. The maximum Gasteiger partial charge on any atom is 0.312 e. The van der Waals surface area contributed by atoms with E-state index >= 15 is 0 Å². The Bertz CT molecular complexity index is 340. The van der Waals surface area contributed by atoms with Crippen LogP contribution in [0.15, 0.2) is 0 Å². The molecule has 0 atom stereocenters. The summed E-state index contributed by atoms with van der Waals surface area (Å²) >= 11 is 0. The molecule has 0 bridgehead atoms. The topological polar surface area (TPSA) is 49.4 Å². The Morgan fingerprint density at radius 3 is 1.89 bits per heavy atom. The summed E-state index contributed by atoms with van der Waals surface area (Å²) in [5.74, 6) is -0.0848. The zero-order chi connectivity index (χ0) is 13.8. The highest BCUT2D eigenvalue weighted by Crippen LogP contribution is 2.47. The smallest absolute Gasteiger partial charge is 0.312 e. The van der Waals surface area contributed by atoms with E-state index in [2.05, 4.69) is 0 Å². The van der Waals surface area contributed by atoms with E-state index in [1.54, 1.807) is 0 Å². The number of esters is 1. The first kappa shape index (κ1) is 13.8. The molecule has 0 N–H and O–H groups in total. The number of piperidine rings is 1. The maximum atomic E-state index is 12.2. The van der Waals surface area contributed by atoms with Crippen molar-refractivity contribution in [3.63, 3.8) is 0 Å². The summed E-state index contributed by atoms with van der Waals surface area (Å²) in [5.41, 5.74) is -1.20. The Morgan fingerprint density at radius 1 is 1.06 bits per heavy atom. The number of hydrogen-bond donors (Lipinski definition) is 0. The van der Waals surface area contributed by atoms with Crippen LogP contribution in [0.25, 0.3) is 0 Å². The van der Waals surface area contributed by atoms with Gasteiger partial charge in [-0.15, -0.1) is 10.3 Å². The third-order valence-corrected chi connectivity index (χ3v) is 4.32. The number of nitrogens with zero attached hydrogens (tertiary/aromatic N) is 1.